The zero-order chi connectivity index (χ0) is 22.6. The summed E-state index contributed by atoms with van der Waals surface area (Å²) in [4.78, 5) is 12.9. The molecule has 1 unspecified atom stereocenters. The van der Waals surface area contributed by atoms with Crippen LogP contribution < -0.4 is 14.8 Å². The Bertz CT molecular complexity index is 1060. The third-order valence-electron chi connectivity index (χ3n) is 5.15. The first-order chi connectivity index (χ1) is 14.7. The van der Waals surface area contributed by atoms with Crippen LogP contribution in [0.4, 0.5) is 5.69 Å². The van der Waals surface area contributed by atoms with Gasteiger partial charge in [0.15, 0.2) is 0 Å². The van der Waals surface area contributed by atoms with Gasteiger partial charge in [-0.25, -0.2) is 12.7 Å². The molecule has 168 valence electrons. The topological polar surface area (TPSA) is 84.9 Å². The largest absolute Gasteiger partial charge is 0.497 e. The van der Waals surface area contributed by atoms with Crippen LogP contribution in [0.1, 0.15) is 18.4 Å². The van der Waals surface area contributed by atoms with Crippen LogP contribution in [0, 0.1) is 5.92 Å². The molecule has 1 aliphatic rings. The van der Waals surface area contributed by atoms with Crippen LogP contribution in [0.25, 0.3) is 0 Å². The van der Waals surface area contributed by atoms with Gasteiger partial charge in [-0.15, -0.1) is 0 Å². The van der Waals surface area contributed by atoms with Gasteiger partial charge in [-0.1, -0.05) is 29.3 Å². The Hall–Kier alpha value is -2.00. The van der Waals surface area contributed by atoms with Crippen molar-refractivity contribution >= 4 is 44.8 Å². The summed E-state index contributed by atoms with van der Waals surface area (Å²) in [5.74, 6) is 0.121. The normalized spacial score (nSPS) is 17.2. The minimum absolute atomic E-state index is 0.113. The van der Waals surface area contributed by atoms with Crippen molar-refractivity contribution in [2.75, 3.05) is 32.6 Å². The number of methoxy groups -OCH3 is 2. The molecule has 1 fully saturated rings. The second-order valence-electron chi connectivity index (χ2n) is 7.26. The van der Waals surface area contributed by atoms with E-state index in [9.17, 15) is 13.2 Å². The molecular formula is C21H24Cl2N2O5S. The number of rotatable bonds is 7. The number of nitrogens with one attached hydrogen (secondary N) is 1. The van der Waals surface area contributed by atoms with Crippen LogP contribution in [-0.2, 0) is 20.6 Å². The number of amides is 1. The van der Waals surface area contributed by atoms with Gasteiger partial charge < -0.3 is 14.8 Å². The quantitative estimate of drug-likeness (QED) is 0.633. The molecule has 2 aromatic carbocycles. The van der Waals surface area contributed by atoms with Crippen LogP contribution in [0.5, 0.6) is 11.5 Å². The molecule has 0 bridgehead atoms. The molecule has 1 amide bonds. The highest BCUT2D eigenvalue weighted by atomic mass is 35.5. The lowest BCUT2D eigenvalue weighted by Gasteiger charge is -2.31. The van der Waals surface area contributed by atoms with E-state index in [0.29, 0.717) is 52.2 Å². The Balaban J connectivity index is 1.71. The standard InChI is InChI=1S/C21H24Cl2N2O5S/c1-29-16-6-8-20(30-2)19(11-16)24-21(26)15-4-3-9-25(12-15)31(27,28)13-14-5-7-17(22)18(23)10-14/h5-8,10-11,15H,3-4,9,12-13H2,1-2H3,(H,24,26). The van der Waals surface area contributed by atoms with E-state index < -0.39 is 15.9 Å². The van der Waals surface area contributed by atoms with Gasteiger partial charge in [0.05, 0.1) is 41.6 Å². The van der Waals surface area contributed by atoms with E-state index in [2.05, 4.69) is 5.32 Å². The smallest absolute Gasteiger partial charge is 0.228 e. The highest BCUT2D eigenvalue weighted by molar-refractivity contribution is 7.88. The highest BCUT2D eigenvalue weighted by Crippen LogP contribution is 2.31. The maximum absolute atomic E-state index is 12.9. The first kappa shape index (κ1) is 23.7. The summed E-state index contributed by atoms with van der Waals surface area (Å²) in [6.07, 6.45) is 1.19. The first-order valence-corrected chi connectivity index (χ1v) is 12.0. The summed E-state index contributed by atoms with van der Waals surface area (Å²) >= 11 is 11.9. The van der Waals surface area contributed by atoms with Crippen molar-refractivity contribution in [1.29, 1.82) is 0 Å². The minimum atomic E-state index is -3.62. The van der Waals surface area contributed by atoms with Crippen LogP contribution in [-0.4, -0.2) is 45.9 Å². The van der Waals surface area contributed by atoms with Gasteiger partial charge in [0.25, 0.3) is 0 Å². The molecule has 10 heteroatoms. The van der Waals surface area contributed by atoms with E-state index >= 15 is 0 Å². The molecule has 0 radical (unpaired) electrons. The van der Waals surface area contributed by atoms with Crippen LogP contribution in [0.3, 0.4) is 0 Å². The molecule has 0 saturated carbocycles. The fraction of sp³-hybridized carbons (Fsp3) is 0.381. The van der Waals surface area contributed by atoms with E-state index in [1.54, 1.807) is 36.4 Å². The van der Waals surface area contributed by atoms with E-state index in [0.717, 1.165) is 0 Å². The summed E-state index contributed by atoms with van der Waals surface area (Å²) in [6.45, 7) is 0.484. The van der Waals surface area contributed by atoms with Gasteiger partial charge in [-0.3, -0.25) is 4.79 Å². The number of hydrogen-bond donors (Lipinski definition) is 1. The van der Waals surface area contributed by atoms with Crippen molar-refractivity contribution in [3.05, 3.63) is 52.0 Å². The average molecular weight is 487 g/mol. The average Bonchev–Trinajstić information content (AvgIpc) is 2.76. The van der Waals surface area contributed by atoms with Crippen LogP contribution in [0.2, 0.25) is 10.0 Å². The molecule has 0 spiro atoms. The molecule has 1 atom stereocenters. The van der Waals surface area contributed by atoms with Crippen molar-refractivity contribution in [2.24, 2.45) is 5.92 Å². The third kappa shape index (κ3) is 5.83. The molecule has 0 aliphatic carbocycles. The van der Waals surface area contributed by atoms with Crippen LogP contribution >= 0.6 is 23.2 Å². The number of benzene rings is 2. The number of sulfonamides is 1. The lowest BCUT2D eigenvalue weighted by Crippen LogP contribution is -2.44. The second-order valence-corrected chi connectivity index (χ2v) is 10.0. The van der Waals surface area contributed by atoms with Gasteiger partial charge in [0.2, 0.25) is 15.9 Å². The van der Waals surface area contributed by atoms with Crippen molar-refractivity contribution in [3.63, 3.8) is 0 Å². The van der Waals surface area contributed by atoms with Gasteiger partial charge in [-0.05, 0) is 42.7 Å². The number of hydrogen-bond acceptors (Lipinski definition) is 5. The zero-order valence-corrected chi connectivity index (χ0v) is 19.6. The van der Waals surface area contributed by atoms with Crippen LogP contribution in [0.15, 0.2) is 36.4 Å². The summed E-state index contributed by atoms with van der Waals surface area (Å²) in [6, 6.07) is 9.84. The number of carbonyl (C=O) groups is 1. The van der Waals surface area contributed by atoms with E-state index in [1.165, 1.54) is 18.5 Å². The summed E-state index contributed by atoms with van der Waals surface area (Å²) in [7, 11) is -0.580. The van der Waals surface area contributed by atoms with Gasteiger partial charge >= 0.3 is 0 Å². The second kappa shape index (κ2) is 10.1. The predicted molar refractivity (Wildman–Crippen MR) is 122 cm³/mol. The first-order valence-electron chi connectivity index (χ1n) is 9.68. The summed E-state index contributed by atoms with van der Waals surface area (Å²) in [5.41, 5.74) is 1.02. The number of nitrogens with zero attached hydrogens (tertiary/aromatic N) is 1. The minimum Gasteiger partial charge on any atom is -0.497 e. The fourth-order valence-electron chi connectivity index (χ4n) is 3.49. The Morgan fingerprint density at radius 2 is 1.90 bits per heavy atom. The number of anilines is 1. The highest BCUT2D eigenvalue weighted by Gasteiger charge is 2.32. The molecule has 3 rings (SSSR count). The summed E-state index contributed by atoms with van der Waals surface area (Å²) < 4.78 is 37.8. The van der Waals surface area contributed by atoms with Gasteiger partial charge in [-0.2, -0.15) is 0 Å². The monoisotopic (exact) mass is 486 g/mol. The van der Waals surface area contributed by atoms with Crippen molar-refractivity contribution in [1.82, 2.24) is 4.31 Å². The SMILES string of the molecule is COc1ccc(OC)c(NC(=O)C2CCCN(S(=O)(=O)Cc3ccc(Cl)c(Cl)c3)C2)c1. The molecule has 1 aliphatic heterocycles. The number of carbonyl (C=O) groups excluding carboxylic acids is 1. The Morgan fingerprint density at radius 1 is 1.13 bits per heavy atom. The predicted octanol–water partition coefficient (Wildman–Crippen LogP) is 4.19. The molecule has 2 aromatic rings. The maximum atomic E-state index is 12.9. The van der Waals surface area contributed by atoms with Crippen molar-refractivity contribution < 1.29 is 22.7 Å². The molecule has 1 N–H and O–H groups in total. The van der Waals surface area contributed by atoms with E-state index in [4.69, 9.17) is 32.7 Å². The molecule has 0 aromatic heterocycles. The number of piperidine rings is 1. The fourth-order valence-corrected chi connectivity index (χ4v) is 5.41. The van der Waals surface area contributed by atoms with E-state index in [-0.39, 0.29) is 18.2 Å². The van der Waals surface area contributed by atoms with Gasteiger partial charge in [0.1, 0.15) is 11.5 Å². The van der Waals surface area contributed by atoms with E-state index in [1.807, 2.05) is 0 Å². The Kier molecular flexibility index (Phi) is 7.69. The van der Waals surface area contributed by atoms with Crippen molar-refractivity contribution in [2.45, 2.75) is 18.6 Å². The number of halogens is 2. The number of ether oxygens (including phenoxy) is 2. The molecular weight excluding hydrogens is 463 g/mol. The lowest BCUT2D eigenvalue weighted by atomic mass is 9.98. The maximum Gasteiger partial charge on any atom is 0.228 e. The van der Waals surface area contributed by atoms with Crippen molar-refractivity contribution in [3.8, 4) is 11.5 Å². The zero-order valence-electron chi connectivity index (χ0n) is 17.2. The molecule has 7 nitrogen and oxygen atoms in total. The lowest BCUT2D eigenvalue weighted by molar-refractivity contribution is -0.120. The molecule has 1 heterocycles. The summed E-state index contributed by atoms with van der Waals surface area (Å²) in [5, 5.41) is 3.51. The third-order valence-corrected chi connectivity index (χ3v) is 7.70. The molecule has 31 heavy (non-hydrogen) atoms. The molecule has 1 saturated heterocycles. The Morgan fingerprint density at radius 3 is 2.58 bits per heavy atom. The Labute approximate surface area is 192 Å². The van der Waals surface area contributed by atoms with Gasteiger partial charge in [0, 0.05) is 19.2 Å².